The van der Waals surface area contributed by atoms with E-state index in [1.54, 1.807) is 6.20 Å². The van der Waals surface area contributed by atoms with Gasteiger partial charge in [0.2, 0.25) is 5.91 Å². The van der Waals surface area contributed by atoms with E-state index >= 15 is 0 Å². The third-order valence-electron chi connectivity index (χ3n) is 5.49. The Kier molecular flexibility index (Phi) is 5.93. The van der Waals surface area contributed by atoms with Crippen LogP contribution in [0.3, 0.4) is 0 Å². The Hall–Kier alpha value is -3.41. The number of para-hydroxylation sites is 1. The third-order valence-corrected chi connectivity index (χ3v) is 5.49. The monoisotopic (exact) mass is 402 g/mol. The predicted molar refractivity (Wildman–Crippen MR) is 119 cm³/mol. The molecule has 0 saturated heterocycles. The van der Waals surface area contributed by atoms with Crippen molar-refractivity contribution in [3.8, 4) is 0 Å². The van der Waals surface area contributed by atoms with Gasteiger partial charge < -0.3 is 9.88 Å². The summed E-state index contributed by atoms with van der Waals surface area (Å²) in [4.78, 5) is 24.8. The molecule has 0 aliphatic heterocycles. The normalized spacial score (nSPS) is 12.3. The van der Waals surface area contributed by atoms with E-state index in [4.69, 9.17) is 0 Å². The maximum absolute atomic E-state index is 12.4. The van der Waals surface area contributed by atoms with Crippen LogP contribution in [0.1, 0.15) is 31.7 Å². The molecule has 0 spiro atoms. The number of carbonyl (C=O) groups excluding carboxylic acids is 1. The number of nitrogens with zero attached hydrogens (tertiary/aromatic N) is 2. The molecule has 0 radical (unpaired) electrons. The zero-order valence-corrected chi connectivity index (χ0v) is 17.1. The van der Waals surface area contributed by atoms with Gasteiger partial charge in [-0.25, -0.2) is 5.10 Å². The minimum absolute atomic E-state index is 0.0481. The molecule has 0 aliphatic rings. The Morgan fingerprint density at radius 3 is 2.70 bits per heavy atom. The first kappa shape index (κ1) is 19.9. The average molecular weight is 402 g/mol. The second kappa shape index (κ2) is 8.95. The number of hydrogen-bond acceptors (Lipinski definition) is 3. The van der Waals surface area contributed by atoms with Gasteiger partial charge in [-0.05, 0) is 37.8 Å². The molecule has 0 unspecified atom stereocenters. The SMILES string of the molecule is C[C@H](CCc1ccccc1)NC(=O)CCCn1c2ccccc2c2cn[nH]c(=O)c21. The second-order valence-corrected chi connectivity index (χ2v) is 7.73. The molecule has 2 N–H and O–H groups in total. The van der Waals surface area contributed by atoms with Gasteiger partial charge in [0.15, 0.2) is 0 Å². The number of aryl methyl sites for hydroxylation is 2. The van der Waals surface area contributed by atoms with E-state index in [2.05, 4.69) is 27.6 Å². The van der Waals surface area contributed by atoms with E-state index in [9.17, 15) is 9.59 Å². The fourth-order valence-electron chi connectivity index (χ4n) is 3.99. The zero-order chi connectivity index (χ0) is 20.9. The summed E-state index contributed by atoms with van der Waals surface area (Å²) in [5.74, 6) is 0.0481. The second-order valence-electron chi connectivity index (χ2n) is 7.73. The van der Waals surface area contributed by atoms with Crippen LogP contribution < -0.4 is 10.9 Å². The highest BCUT2D eigenvalue weighted by Crippen LogP contribution is 2.26. The molecule has 6 nitrogen and oxygen atoms in total. The molecule has 2 aromatic carbocycles. The van der Waals surface area contributed by atoms with Crippen LogP contribution in [-0.2, 0) is 17.8 Å². The number of hydrogen-bond donors (Lipinski definition) is 2. The molecule has 0 aliphatic carbocycles. The van der Waals surface area contributed by atoms with Crippen molar-refractivity contribution in [3.05, 3.63) is 76.7 Å². The quantitative estimate of drug-likeness (QED) is 0.470. The fraction of sp³-hybridized carbons (Fsp3) is 0.292. The topological polar surface area (TPSA) is 79.8 Å². The molecule has 4 rings (SSSR count). The number of carbonyl (C=O) groups is 1. The number of amides is 1. The molecule has 0 fully saturated rings. The number of nitrogens with one attached hydrogen (secondary N) is 2. The molecule has 30 heavy (non-hydrogen) atoms. The third kappa shape index (κ3) is 4.27. The molecule has 6 heteroatoms. The number of benzene rings is 2. The highest BCUT2D eigenvalue weighted by atomic mass is 16.1. The van der Waals surface area contributed by atoms with Crippen LogP contribution in [0.2, 0.25) is 0 Å². The molecule has 1 atom stereocenters. The van der Waals surface area contributed by atoms with E-state index in [1.807, 2.05) is 54.0 Å². The van der Waals surface area contributed by atoms with Gasteiger partial charge >= 0.3 is 0 Å². The van der Waals surface area contributed by atoms with Crippen LogP contribution in [0, 0.1) is 0 Å². The molecule has 0 saturated carbocycles. The summed E-state index contributed by atoms with van der Waals surface area (Å²) >= 11 is 0. The van der Waals surface area contributed by atoms with Crippen LogP contribution in [-0.4, -0.2) is 26.7 Å². The van der Waals surface area contributed by atoms with Crippen molar-refractivity contribution >= 4 is 27.7 Å². The molecule has 2 heterocycles. The maximum Gasteiger partial charge on any atom is 0.288 e. The van der Waals surface area contributed by atoms with Crippen molar-refractivity contribution in [1.29, 1.82) is 0 Å². The van der Waals surface area contributed by atoms with Crippen LogP contribution in [0.4, 0.5) is 0 Å². The Bertz CT molecular complexity index is 1210. The van der Waals surface area contributed by atoms with Crippen molar-refractivity contribution < 1.29 is 4.79 Å². The maximum atomic E-state index is 12.4. The molecule has 154 valence electrons. The minimum Gasteiger partial charge on any atom is -0.354 e. The summed E-state index contributed by atoms with van der Waals surface area (Å²) in [5, 5.41) is 11.4. The first-order valence-corrected chi connectivity index (χ1v) is 10.4. The first-order chi connectivity index (χ1) is 14.6. The van der Waals surface area contributed by atoms with Gasteiger partial charge in [0.05, 0.1) is 6.20 Å². The van der Waals surface area contributed by atoms with Gasteiger partial charge in [-0.15, -0.1) is 0 Å². The van der Waals surface area contributed by atoms with Crippen LogP contribution in [0.15, 0.2) is 65.6 Å². The lowest BCUT2D eigenvalue weighted by atomic mass is 10.1. The summed E-state index contributed by atoms with van der Waals surface area (Å²) < 4.78 is 2.00. The predicted octanol–water partition coefficient (Wildman–Crippen LogP) is 3.80. The summed E-state index contributed by atoms with van der Waals surface area (Å²) in [6.07, 6.45) is 4.63. The van der Waals surface area contributed by atoms with Crippen LogP contribution >= 0.6 is 0 Å². The van der Waals surface area contributed by atoms with Crippen molar-refractivity contribution in [1.82, 2.24) is 20.1 Å². The lowest BCUT2D eigenvalue weighted by Gasteiger charge is -2.14. The highest BCUT2D eigenvalue weighted by molar-refractivity contribution is 6.07. The molecule has 4 aromatic rings. The van der Waals surface area contributed by atoms with Crippen LogP contribution in [0.25, 0.3) is 21.8 Å². The Balaban J connectivity index is 1.36. The van der Waals surface area contributed by atoms with E-state index in [1.165, 1.54) is 5.56 Å². The summed E-state index contributed by atoms with van der Waals surface area (Å²) in [6, 6.07) is 18.3. The Morgan fingerprint density at radius 1 is 1.10 bits per heavy atom. The number of aromatic nitrogens is 3. The van der Waals surface area contributed by atoms with E-state index in [-0.39, 0.29) is 17.5 Å². The molecular formula is C24H26N4O2. The van der Waals surface area contributed by atoms with E-state index in [0.717, 1.165) is 29.1 Å². The van der Waals surface area contributed by atoms with Gasteiger partial charge in [0.1, 0.15) is 5.52 Å². The Morgan fingerprint density at radius 2 is 1.87 bits per heavy atom. The lowest BCUT2D eigenvalue weighted by molar-refractivity contribution is -0.121. The molecular weight excluding hydrogens is 376 g/mol. The highest BCUT2D eigenvalue weighted by Gasteiger charge is 2.14. The van der Waals surface area contributed by atoms with E-state index < -0.39 is 0 Å². The minimum atomic E-state index is -0.206. The lowest BCUT2D eigenvalue weighted by Crippen LogP contribution is -2.32. The van der Waals surface area contributed by atoms with Crippen molar-refractivity contribution in [2.24, 2.45) is 0 Å². The van der Waals surface area contributed by atoms with Crippen molar-refractivity contribution in [2.45, 2.75) is 45.2 Å². The van der Waals surface area contributed by atoms with Gasteiger partial charge in [0, 0.05) is 35.3 Å². The summed E-state index contributed by atoms with van der Waals surface area (Å²) in [5.41, 5.74) is 2.68. The standard InChI is InChI=1S/C24H26N4O2/c1-17(13-14-18-8-3-2-4-9-18)26-22(29)12-7-15-28-21-11-6-5-10-19(21)20-16-25-27-24(30)23(20)28/h2-6,8-11,16-17H,7,12-15H2,1H3,(H,26,29)(H,27,30)/t17-/m1/s1. The number of rotatable bonds is 8. The number of fused-ring (bicyclic) bond motifs is 3. The summed E-state index contributed by atoms with van der Waals surface area (Å²) in [6.45, 7) is 2.64. The smallest absolute Gasteiger partial charge is 0.288 e. The van der Waals surface area contributed by atoms with E-state index in [0.29, 0.717) is 24.9 Å². The molecule has 2 aromatic heterocycles. The largest absolute Gasteiger partial charge is 0.354 e. The van der Waals surface area contributed by atoms with Gasteiger partial charge in [-0.3, -0.25) is 9.59 Å². The van der Waals surface area contributed by atoms with Gasteiger partial charge in [-0.1, -0.05) is 48.5 Å². The zero-order valence-electron chi connectivity index (χ0n) is 17.1. The van der Waals surface area contributed by atoms with Crippen molar-refractivity contribution in [2.75, 3.05) is 0 Å². The average Bonchev–Trinajstić information content (AvgIpc) is 3.08. The first-order valence-electron chi connectivity index (χ1n) is 10.4. The van der Waals surface area contributed by atoms with Crippen molar-refractivity contribution in [3.63, 3.8) is 0 Å². The number of aromatic amines is 1. The number of H-pyrrole nitrogens is 1. The summed E-state index contributed by atoms with van der Waals surface area (Å²) in [7, 11) is 0. The Labute approximate surface area is 174 Å². The molecule has 0 bridgehead atoms. The van der Waals surface area contributed by atoms with Gasteiger partial charge in [-0.2, -0.15) is 5.10 Å². The van der Waals surface area contributed by atoms with Crippen LogP contribution in [0.5, 0.6) is 0 Å². The fourth-order valence-corrected chi connectivity index (χ4v) is 3.99. The van der Waals surface area contributed by atoms with Gasteiger partial charge in [0.25, 0.3) is 5.56 Å². The molecule has 1 amide bonds.